The minimum Gasteiger partial charge on any atom is -0.482 e. The molecule has 1 amide bonds. The number of carbonyl (C=O) groups is 1. The molecule has 31 heavy (non-hydrogen) atoms. The minimum atomic E-state index is -0.345. The number of furan rings is 1. The molecule has 0 radical (unpaired) electrons. The Morgan fingerprint density at radius 1 is 1.06 bits per heavy atom. The molecule has 2 heterocycles. The van der Waals surface area contributed by atoms with Gasteiger partial charge in [0.15, 0.2) is 11.5 Å². The predicted octanol–water partition coefficient (Wildman–Crippen LogP) is 7.27. The summed E-state index contributed by atoms with van der Waals surface area (Å²) < 4.78 is 12.9. The summed E-state index contributed by atoms with van der Waals surface area (Å²) >= 11 is 36.5. The fourth-order valence-electron chi connectivity index (χ4n) is 2.62. The number of halogens is 6. The smallest absolute Gasteiger partial charge is 0.289 e. The highest BCUT2D eigenvalue weighted by molar-refractivity contribution is 6.55. The number of nitrogens with zero attached hydrogens (tertiary/aromatic N) is 3. The van der Waals surface area contributed by atoms with Crippen molar-refractivity contribution in [1.82, 2.24) is 14.7 Å². The van der Waals surface area contributed by atoms with E-state index in [0.29, 0.717) is 23.0 Å². The van der Waals surface area contributed by atoms with Crippen LogP contribution in [0.1, 0.15) is 28.9 Å². The summed E-state index contributed by atoms with van der Waals surface area (Å²) in [7, 11) is 1.62. The van der Waals surface area contributed by atoms with Crippen molar-refractivity contribution in [2.24, 2.45) is 0 Å². The zero-order valence-electron chi connectivity index (χ0n) is 16.2. The third-order valence-electron chi connectivity index (χ3n) is 4.25. The fourth-order valence-corrected chi connectivity index (χ4v) is 4.06. The molecule has 2 aromatic heterocycles. The lowest BCUT2D eigenvalue weighted by Gasteiger charge is -2.14. The number of amides is 1. The van der Waals surface area contributed by atoms with E-state index in [1.165, 1.54) is 11.0 Å². The summed E-state index contributed by atoms with van der Waals surface area (Å²) in [6, 6.07) is 3.13. The van der Waals surface area contributed by atoms with Gasteiger partial charge in [0.2, 0.25) is 0 Å². The van der Waals surface area contributed by atoms with E-state index in [0.717, 1.165) is 0 Å². The summed E-state index contributed by atoms with van der Waals surface area (Å²) in [5.74, 6) is 0.197. The van der Waals surface area contributed by atoms with Gasteiger partial charge in [0, 0.05) is 19.8 Å². The van der Waals surface area contributed by atoms with Crippen LogP contribution in [0.4, 0.5) is 0 Å². The monoisotopic (exact) mass is 543 g/mol. The number of ether oxygens (including phenoxy) is 1. The van der Waals surface area contributed by atoms with Gasteiger partial charge >= 0.3 is 0 Å². The van der Waals surface area contributed by atoms with Gasteiger partial charge in [0.25, 0.3) is 5.91 Å². The number of aromatic nitrogens is 2. The van der Waals surface area contributed by atoms with E-state index in [1.54, 1.807) is 24.0 Å². The summed E-state index contributed by atoms with van der Waals surface area (Å²) in [5, 5.41) is 4.94. The van der Waals surface area contributed by atoms with Crippen molar-refractivity contribution in [3.8, 4) is 5.75 Å². The van der Waals surface area contributed by atoms with Gasteiger partial charge in [-0.25, -0.2) is 0 Å². The topological polar surface area (TPSA) is 60.5 Å². The average molecular weight is 546 g/mol. The Morgan fingerprint density at radius 2 is 1.68 bits per heavy atom. The molecule has 6 nitrogen and oxygen atoms in total. The van der Waals surface area contributed by atoms with Gasteiger partial charge in [0.1, 0.15) is 28.1 Å². The third-order valence-corrected chi connectivity index (χ3v) is 6.80. The molecule has 0 bridgehead atoms. The molecule has 0 atom stereocenters. The third kappa shape index (κ3) is 5.21. The SMILES string of the molecule is CCn1cc(Cl)c(CN(C)C(=O)c2ccc(COc3c(Cl)c(Cl)c(Cl)c(Cl)c3Cl)o2)n1. The molecule has 0 saturated heterocycles. The van der Waals surface area contributed by atoms with E-state index in [-0.39, 0.29) is 55.7 Å². The summed E-state index contributed by atoms with van der Waals surface area (Å²) in [6.45, 7) is 2.78. The second kappa shape index (κ2) is 10.1. The van der Waals surface area contributed by atoms with Gasteiger partial charge in [-0.05, 0) is 19.1 Å². The second-order valence-corrected chi connectivity index (χ2v) is 8.69. The normalized spacial score (nSPS) is 11.1. The lowest BCUT2D eigenvalue weighted by atomic mass is 10.3. The molecule has 0 spiro atoms. The van der Waals surface area contributed by atoms with Crippen molar-refractivity contribution in [1.29, 1.82) is 0 Å². The number of carbonyl (C=O) groups excluding carboxylic acids is 1. The van der Waals surface area contributed by atoms with Gasteiger partial charge in [-0.1, -0.05) is 69.6 Å². The van der Waals surface area contributed by atoms with E-state index < -0.39 is 0 Å². The summed E-state index contributed by atoms with van der Waals surface area (Å²) in [4.78, 5) is 14.1. The number of hydrogen-bond donors (Lipinski definition) is 0. The maximum atomic E-state index is 12.7. The predicted molar refractivity (Wildman–Crippen MR) is 123 cm³/mol. The molecule has 0 unspecified atom stereocenters. The Balaban J connectivity index is 1.69. The number of rotatable bonds is 7. The molecule has 3 rings (SSSR count). The molecular formula is C19H15Cl6N3O3. The van der Waals surface area contributed by atoms with E-state index in [9.17, 15) is 4.79 Å². The quantitative estimate of drug-likeness (QED) is 0.231. The molecule has 0 aliphatic heterocycles. The van der Waals surface area contributed by atoms with Crippen LogP contribution in [0, 0.1) is 0 Å². The van der Waals surface area contributed by atoms with Gasteiger partial charge in [-0.3, -0.25) is 9.48 Å². The second-order valence-electron chi connectivity index (χ2n) is 6.39. The first-order valence-electron chi connectivity index (χ1n) is 8.84. The van der Waals surface area contributed by atoms with Crippen LogP contribution >= 0.6 is 69.6 Å². The first-order chi connectivity index (χ1) is 14.6. The van der Waals surface area contributed by atoms with E-state index in [4.69, 9.17) is 78.8 Å². The zero-order valence-corrected chi connectivity index (χ0v) is 20.7. The van der Waals surface area contributed by atoms with Gasteiger partial charge in [0.05, 0.1) is 26.6 Å². The van der Waals surface area contributed by atoms with Crippen LogP contribution in [0.15, 0.2) is 22.7 Å². The molecule has 0 fully saturated rings. The number of hydrogen-bond acceptors (Lipinski definition) is 4. The van der Waals surface area contributed by atoms with Crippen LogP contribution in [0.3, 0.4) is 0 Å². The molecular weight excluding hydrogens is 531 g/mol. The summed E-state index contributed by atoms with van der Waals surface area (Å²) in [6.07, 6.45) is 1.71. The minimum absolute atomic E-state index is 0.0204. The van der Waals surface area contributed by atoms with E-state index in [1.807, 2.05) is 6.92 Å². The fraction of sp³-hybridized carbons (Fsp3) is 0.263. The van der Waals surface area contributed by atoms with Crippen LogP contribution in [0.5, 0.6) is 5.75 Å². The molecule has 3 aromatic rings. The van der Waals surface area contributed by atoms with Crippen molar-refractivity contribution in [2.75, 3.05) is 7.05 Å². The molecule has 0 aliphatic carbocycles. The van der Waals surface area contributed by atoms with Crippen molar-refractivity contribution >= 4 is 75.5 Å². The number of benzene rings is 1. The Morgan fingerprint density at radius 3 is 2.26 bits per heavy atom. The maximum absolute atomic E-state index is 12.7. The van der Waals surface area contributed by atoms with Crippen LogP contribution in [-0.2, 0) is 19.7 Å². The Bertz CT molecular complexity index is 1100. The summed E-state index contributed by atoms with van der Waals surface area (Å²) in [5.41, 5.74) is 0.593. The zero-order chi connectivity index (χ0) is 22.9. The lowest BCUT2D eigenvalue weighted by Crippen LogP contribution is -2.26. The Hall–Kier alpha value is -1.28. The molecule has 0 aliphatic rings. The first-order valence-corrected chi connectivity index (χ1v) is 11.1. The molecule has 0 N–H and O–H groups in total. The van der Waals surface area contributed by atoms with Crippen LogP contribution < -0.4 is 4.74 Å². The van der Waals surface area contributed by atoms with E-state index >= 15 is 0 Å². The first kappa shape index (κ1) is 24.4. The molecule has 12 heteroatoms. The van der Waals surface area contributed by atoms with Gasteiger partial charge < -0.3 is 14.1 Å². The van der Waals surface area contributed by atoms with Crippen LogP contribution in [0.2, 0.25) is 30.1 Å². The van der Waals surface area contributed by atoms with Gasteiger partial charge in [-0.15, -0.1) is 0 Å². The van der Waals surface area contributed by atoms with Gasteiger partial charge in [-0.2, -0.15) is 5.10 Å². The molecule has 166 valence electrons. The molecule has 0 saturated carbocycles. The van der Waals surface area contributed by atoms with E-state index in [2.05, 4.69) is 5.10 Å². The van der Waals surface area contributed by atoms with Crippen molar-refractivity contribution < 1.29 is 13.9 Å². The lowest BCUT2D eigenvalue weighted by molar-refractivity contribution is 0.0747. The van der Waals surface area contributed by atoms with Crippen molar-refractivity contribution in [2.45, 2.75) is 26.6 Å². The highest BCUT2D eigenvalue weighted by Gasteiger charge is 2.22. The maximum Gasteiger partial charge on any atom is 0.289 e. The molecule has 1 aromatic carbocycles. The van der Waals surface area contributed by atoms with Crippen LogP contribution in [0.25, 0.3) is 0 Å². The highest BCUT2D eigenvalue weighted by atomic mass is 35.5. The van der Waals surface area contributed by atoms with Crippen molar-refractivity contribution in [3.63, 3.8) is 0 Å². The van der Waals surface area contributed by atoms with Crippen molar-refractivity contribution in [3.05, 3.63) is 65.7 Å². The largest absolute Gasteiger partial charge is 0.482 e. The number of aryl methyl sites for hydroxylation is 1. The highest BCUT2D eigenvalue weighted by Crippen LogP contribution is 2.48. The Kier molecular flexibility index (Phi) is 7.95. The van der Waals surface area contributed by atoms with Crippen LogP contribution in [-0.4, -0.2) is 27.6 Å². The average Bonchev–Trinajstić information content (AvgIpc) is 3.36. The standard InChI is InChI=1S/C19H15Cl6N3O3/c1-3-28-6-10(20)11(26-28)7-27(2)19(29)12-5-4-9(31-12)8-30-18-16(24)14(22)13(21)15(23)17(18)25/h4-6H,3,7-8H2,1-2H3. The Labute approximate surface area is 208 Å².